The summed E-state index contributed by atoms with van der Waals surface area (Å²) in [5, 5.41) is 0. The maximum Gasteiger partial charge on any atom is 0.244 e. The molecule has 1 saturated heterocycles. The van der Waals surface area contributed by atoms with E-state index in [0.717, 1.165) is 12.0 Å². The van der Waals surface area contributed by atoms with E-state index in [1.165, 1.54) is 11.1 Å². The number of hydrogen-bond donors (Lipinski definition) is 0. The Morgan fingerprint density at radius 3 is 2.50 bits per heavy atom. The standard InChI is InChI=1S/C16H15NO2S/c1-11-6-8-13(9-7-11)20(18,19)17-15-10-12-4-2-3-5-14(12)16(15)17/h2-9,15-16H,10H2,1H3/t15-,16+,17?/m1/s1. The van der Waals surface area contributed by atoms with Gasteiger partial charge < -0.3 is 0 Å². The lowest BCUT2D eigenvalue weighted by Gasteiger charge is -2.11. The van der Waals surface area contributed by atoms with Crippen LogP contribution in [0.5, 0.6) is 0 Å². The van der Waals surface area contributed by atoms with Gasteiger partial charge in [-0.25, -0.2) is 8.42 Å². The first-order valence-electron chi connectivity index (χ1n) is 6.77. The number of rotatable bonds is 2. The molecule has 0 radical (unpaired) electrons. The average Bonchev–Trinajstić information content (AvgIpc) is 3.04. The summed E-state index contributed by atoms with van der Waals surface area (Å²) in [7, 11) is -3.35. The van der Waals surface area contributed by atoms with Crippen molar-refractivity contribution in [2.24, 2.45) is 0 Å². The third-order valence-electron chi connectivity index (χ3n) is 4.27. The van der Waals surface area contributed by atoms with Crippen LogP contribution in [-0.2, 0) is 16.4 Å². The normalized spacial score (nSPS) is 26.9. The Bertz CT molecular complexity index is 780. The predicted octanol–water partition coefficient (Wildman–Crippen LogP) is 2.67. The lowest BCUT2D eigenvalue weighted by atomic mass is 10.1. The molecule has 1 unspecified atom stereocenters. The van der Waals surface area contributed by atoms with E-state index in [-0.39, 0.29) is 12.1 Å². The van der Waals surface area contributed by atoms with E-state index in [1.807, 2.05) is 37.3 Å². The minimum atomic E-state index is -3.35. The largest absolute Gasteiger partial charge is 0.244 e. The van der Waals surface area contributed by atoms with Gasteiger partial charge in [-0.3, -0.25) is 0 Å². The second-order valence-electron chi connectivity index (χ2n) is 5.56. The number of fused-ring (bicyclic) bond motifs is 3. The fourth-order valence-corrected chi connectivity index (χ4v) is 4.97. The summed E-state index contributed by atoms with van der Waals surface area (Å²) >= 11 is 0. The monoisotopic (exact) mass is 285 g/mol. The van der Waals surface area contributed by atoms with Crippen molar-refractivity contribution in [1.82, 2.24) is 4.31 Å². The highest BCUT2D eigenvalue weighted by molar-refractivity contribution is 7.89. The molecule has 4 rings (SSSR count). The van der Waals surface area contributed by atoms with Gasteiger partial charge >= 0.3 is 0 Å². The minimum Gasteiger partial charge on any atom is -0.207 e. The second kappa shape index (κ2) is 3.93. The molecule has 0 aromatic heterocycles. The van der Waals surface area contributed by atoms with Gasteiger partial charge in [0.15, 0.2) is 0 Å². The summed E-state index contributed by atoms with van der Waals surface area (Å²) in [6.45, 7) is 1.96. The zero-order valence-electron chi connectivity index (χ0n) is 11.2. The van der Waals surface area contributed by atoms with Crippen molar-refractivity contribution in [2.75, 3.05) is 0 Å². The molecule has 2 aromatic carbocycles. The highest BCUT2D eigenvalue weighted by Crippen LogP contribution is 2.54. The Morgan fingerprint density at radius 1 is 1.05 bits per heavy atom. The second-order valence-corrected chi connectivity index (χ2v) is 7.41. The first-order chi connectivity index (χ1) is 9.59. The molecule has 1 fully saturated rings. The summed E-state index contributed by atoms with van der Waals surface area (Å²) in [5.74, 6) is 0. The van der Waals surface area contributed by atoms with Crippen LogP contribution in [0.1, 0.15) is 22.7 Å². The maximum atomic E-state index is 12.7. The van der Waals surface area contributed by atoms with Crippen LogP contribution in [-0.4, -0.2) is 18.8 Å². The molecular formula is C16H15NO2S. The SMILES string of the molecule is Cc1ccc(S(=O)(=O)N2[C@@H]3Cc4ccccc4[C@@H]32)cc1. The summed E-state index contributed by atoms with van der Waals surface area (Å²) in [4.78, 5) is 0.398. The zero-order valence-corrected chi connectivity index (χ0v) is 12.0. The van der Waals surface area contributed by atoms with E-state index >= 15 is 0 Å². The molecule has 0 saturated carbocycles. The molecule has 0 amide bonds. The molecule has 1 heterocycles. The van der Waals surface area contributed by atoms with E-state index in [9.17, 15) is 8.42 Å². The van der Waals surface area contributed by atoms with Crippen LogP contribution in [0, 0.1) is 6.92 Å². The molecule has 1 aliphatic carbocycles. The first-order valence-corrected chi connectivity index (χ1v) is 8.21. The maximum absolute atomic E-state index is 12.7. The van der Waals surface area contributed by atoms with Crippen LogP contribution in [0.3, 0.4) is 0 Å². The van der Waals surface area contributed by atoms with Gasteiger partial charge in [0.05, 0.1) is 17.0 Å². The van der Waals surface area contributed by atoms with Crippen molar-refractivity contribution in [1.29, 1.82) is 0 Å². The van der Waals surface area contributed by atoms with Gasteiger partial charge in [-0.2, -0.15) is 4.31 Å². The topological polar surface area (TPSA) is 37.1 Å². The Balaban J connectivity index is 1.70. The fraction of sp³-hybridized carbons (Fsp3) is 0.250. The third-order valence-corrected chi connectivity index (χ3v) is 6.20. The Hall–Kier alpha value is -1.65. The van der Waals surface area contributed by atoms with Crippen LogP contribution in [0.15, 0.2) is 53.4 Å². The number of benzene rings is 2. The lowest BCUT2D eigenvalue weighted by molar-refractivity contribution is 0.541. The quantitative estimate of drug-likeness (QED) is 0.796. The summed E-state index contributed by atoms with van der Waals surface area (Å²) in [6.07, 6.45) is 0.839. The molecule has 3 nitrogen and oxygen atoms in total. The molecule has 2 aromatic rings. The Kier molecular flexibility index (Phi) is 2.38. The van der Waals surface area contributed by atoms with Crippen molar-refractivity contribution in [3.05, 3.63) is 65.2 Å². The van der Waals surface area contributed by atoms with Gasteiger partial charge in [-0.1, -0.05) is 42.0 Å². The number of nitrogens with zero attached hydrogens (tertiary/aromatic N) is 1. The van der Waals surface area contributed by atoms with Crippen molar-refractivity contribution in [3.8, 4) is 0 Å². The molecule has 20 heavy (non-hydrogen) atoms. The van der Waals surface area contributed by atoms with Gasteiger partial charge in [-0.15, -0.1) is 0 Å². The average molecular weight is 285 g/mol. The molecule has 102 valence electrons. The molecular weight excluding hydrogens is 270 g/mol. The summed E-state index contributed by atoms with van der Waals surface area (Å²) in [5.41, 5.74) is 3.53. The van der Waals surface area contributed by atoms with Gasteiger partial charge in [0.1, 0.15) is 0 Å². The molecule has 2 aliphatic rings. The van der Waals surface area contributed by atoms with E-state index in [1.54, 1.807) is 16.4 Å². The Morgan fingerprint density at radius 2 is 1.75 bits per heavy atom. The van der Waals surface area contributed by atoms with Crippen molar-refractivity contribution >= 4 is 10.0 Å². The van der Waals surface area contributed by atoms with Crippen LogP contribution < -0.4 is 0 Å². The molecule has 0 spiro atoms. The highest BCUT2D eigenvalue weighted by atomic mass is 32.2. The van der Waals surface area contributed by atoms with Crippen LogP contribution in [0.2, 0.25) is 0 Å². The first kappa shape index (κ1) is 12.1. The fourth-order valence-electron chi connectivity index (χ4n) is 3.20. The summed E-state index contributed by atoms with van der Waals surface area (Å²) in [6, 6.07) is 15.4. The van der Waals surface area contributed by atoms with E-state index in [4.69, 9.17) is 0 Å². The van der Waals surface area contributed by atoms with E-state index in [2.05, 4.69) is 6.07 Å². The third kappa shape index (κ3) is 1.58. The van der Waals surface area contributed by atoms with E-state index in [0.29, 0.717) is 4.90 Å². The molecule has 3 atom stereocenters. The number of aryl methyl sites for hydroxylation is 1. The van der Waals surface area contributed by atoms with Crippen LogP contribution in [0.25, 0.3) is 0 Å². The molecule has 1 aliphatic heterocycles. The smallest absolute Gasteiger partial charge is 0.207 e. The van der Waals surface area contributed by atoms with Crippen LogP contribution in [0.4, 0.5) is 0 Å². The van der Waals surface area contributed by atoms with Gasteiger partial charge in [-0.05, 0) is 36.6 Å². The molecule has 4 heteroatoms. The molecule has 0 bridgehead atoms. The minimum absolute atomic E-state index is 0.0532. The van der Waals surface area contributed by atoms with E-state index < -0.39 is 10.0 Å². The summed E-state index contributed by atoms with van der Waals surface area (Å²) < 4.78 is 27.0. The Labute approximate surface area is 118 Å². The zero-order chi connectivity index (χ0) is 13.9. The lowest BCUT2D eigenvalue weighted by Crippen LogP contribution is -2.17. The number of sulfonamides is 1. The van der Waals surface area contributed by atoms with Crippen molar-refractivity contribution in [3.63, 3.8) is 0 Å². The van der Waals surface area contributed by atoms with Crippen LogP contribution >= 0.6 is 0 Å². The molecule has 0 N–H and O–H groups in total. The van der Waals surface area contributed by atoms with Crippen molar-refractivity contribution < 1.29 is 8.42 Å². The predicted molar refractivity (Wildman–Crippen MR) is 76.9 cm³/mol. The highest BCUT2D eigenvalue weighted by Gasteiger charge is 2.59. The van der Waals surface area contributed by atoms with Gasteiger partial charge in [0.25, 0.3) is 0 Å². The van der Waals surface area contributed by atoms with Gasteiger partial charge in [0.2, 0.25) is 10.0 Å². The van der Waals surface area contributed by atoms with Gasteiger partial charge in [0, 0.05) is 0 Å². The number of hydrogen-bond acceptors (Lipinski definition) is 2. The van der Waals surface area contributed by atoms with Crippen molar-refractivity contribution in [2.45, 2.75) is 30.3 Å².